The van der Waals surface area contributed by atoms with Crippen LogP contribution in [0.1, 0.15) is 17.2 Å². The highest BCUT2D eigenvalue weighted by Crippen LogP contribution is 2.29. The van der Waals surface area contributed by atoms with Gasteiger partial charge in [0.25, 0.3) is 0 Å². The molecule has 1 atom stereocenters. The Morgan fingerprint density at radius 1 is 1.05 bits per heavy atom. The molecular formula is C16H12BrFN2. The van der Waals surface area contributed by atoms with Gasteiger partial charge >= 0.3 is 0 Å². The average Bonchev–Trinajstić information content (AvgIpc) is 2.48. The first-order valence-electron chi connectivity index (χ1n) is 6.21. The van der Waals surface area contributed by atoms with E-state index in [0.717, 1.165) is 20.9 Å². The normalized spacial score (nSPS) is 12.6. The third kappa shape index (κ3) is 2.32. The Bertz CT molecular complexity index is 768. The summed E-state index contributed by atoms with van der Waals surface area (Å²) in [5, 5.41) is 0.946. The minimum absolute atomic E-state index is 0.304. The summed E-state index contributed by atoms with van der Waals surface area (Å²) in [7, 11) is 0. The molecular weight excluding hydrogens is 319 g/mol. The summed E-state index contributed by atoms with van der Waals surface area (Å²) in [6, 6.07) is 13.8. The summed E-state index contributed by atoms with van der Waals surface area (Å²) in [6.07, 6.45) is 1.70. The summed E-state index contributed by atoms with van der Waals surface area (Å²) in [4.78, 5) is 4.30. The van der Waals surface area contributed by atoms with Crippen LogP contribution in [0, 0.1) is 5.82 Å². The van der Waals surface area contributed by atoms with Crippen LogP contribution >= 0.6 is 15.9 Å². The van der Waals surface area contributed by atoms with Crippen molar-refractivity contribution in [3.63, 3.8) is 0 Å². The van der Waals surface area contributed by atoms with E-state index in [-0.39, 0.29) is 5.82 Å². The van der Waals surface area contributed by atoms with Gasteiger partial charge in [-0.05, 0) is 35.9 Å². The van der Waals surface area contributed by atoms with Gasteiger partial charge in [0, 0.05) is 21.6 Å². The zero-order valence-electron chi connectivity index (χ0n) is 10.6. The van der Waals surface area contributed by atoms with Crippen molar-refractivity contribution in [2.75, 3.05) is 0 Å². The monoisotopic (exact) mass is 330 g/mol. The Morgan fingerprint density at radius 2 is 1.85 bits per heavy atom. The van der Waals surface area contributed by atoms with E-state index in [0.29, 0.717) is 5.56 Å². The average molecular weight is 331 g/mol. The van der Waals surface area contributed by atoms with Gasteiger partial charge in [0.2, 0.25) is 0 Å². The van der Waals surface area contributed by atoms with Crippen LogP contribution in [0.5, 0.6) is 0 Å². The first-order chi connectivity index (χ1) is 9.66. The zero-order chi connectivity index (χ0) is 14.1. The number of hydrogen-bond acceptors (Lipinski definition) is 2. The molecule has 0 bridgehead atoms. The van der Waals surface area contributed by atoms with Gasteiger partial charge in [0.05, 0.1) is 11.6 Å². The maximum absolute atomic E-state index is 14.0. The van der Waals surface area contributed by atoms with Crippen molar-refractivity contribution in [1.29, 1.82) is 0 Å². The van der Waals surface area contributed by atoms with Gasteiger partial charge in [-0.25, -0.2) is 4.39 Å². The molecule has 0 aliphatic rings. The molecule has 3 aromatic rings. The maximum atomic E-state index is 14.0. The Labute approximate surface area is 124 Å². The number of aromatic nitrogens is 1. The molecule has 20 heavy (non-hydrogen) atoms. The van der Waals surface area contributed by atoms with Gasteiger partial charge in [-0.15, -0.1) is 0 Å². The molecule has 3 rings (SSSR count). The number of hydrogen-bond donors (Lipinski definition) is 1. The number of fused-ring (bicyclic) bond motifs is 1. The van der Waals surface area contributed by atoms with Crippen LogP contribution in [0.15, 0.2) is 59.2 Å². The highest BCUT2D eigenvalue weighted by Gasteiger charge is 2.16. The maximum Gasteiger partial charge on any atom is 0.128 e. The molecule has 0 aliphatic carbocycles. The Morgan fingerprint density at radius 3 is 2.70 bits per heavy atom. The van der Waals surface area contributed by atoms with E-state index < -0.39 is 6.04 Å². The minimum atomic E-state index is -0.527. The number of nitrogens with zero attached hydrogens (tertiary/aromatic N) is 1. The molecule has 1 unspecified atom stereocenters. The molecule has 0 spiro atoms. The van der Waals surface area contributed by atoms with Gasteiger partial charge in [-0.2, -0.15) is 0 Å². The zero-order valence-corrected chi connectivity index (χ0v) is 12.1. The standard InChI is InChI=1S/C16H12BrFN2/c17-10-5-6-14(18)13(9-10)16(19)12-7-8-20-15-4-2-1-3-11(12)15/h1-9,16H,19H2. The number of para-hydroxylation sites is 1. The number of pyridine rings is 1. The number of halogens is 2. The molecule has 0 radical (unpaired) electrons. The topological polar surface area (TPSA) is 38.9 Å². The van der Waals surface area contributed by atoms with E-state index in [4.69, 9.17) is 5.73 Å². The summed E-state index contributed by atoms with van der Waals surface area (Å²) < 4.78 is 14.8. The second-order valence-electron chi connectivity index (χ2n) is 4.56. The summed E-state index contributed by atoms with van der Waals surface area (Å²) in [6.45, 7) is 0. The van der Waals surface area contributed by atoms with Crippen LogP contribution in [0.25, 0.3) is 10.9 Å². The fraction of sp³-hybridized carbons (Fsp3) is 0.0625. The highest BCUT2D eigenvalue weighted by molar-refractivity contribution is 9.10. The lowest BCUT2D eigenvalue weighted by Gasteiger charge is -2.16. The number of rotatable bonds is 2. The SMILES string of the molecule is NC(c1cc(Br)ccc1F)c1ccnc2ccccc12. The van der Waals surface area contributed by atoms with Crippen molar-refractivity contribution in [2.45, 2.75) is 6.04 Å². The number of nitrogens with two attached hydrogens (primary N) is 1. The van der Waals surface area contributed by atoms with Crippen molar-refractivity contribution >= 4 is 26.8 Å². The Balaban J connectivity index is 2.17. The smallest absolute Gasteiger partial charge is 0.128 e. The van der Waals surface area contributed by atoms with E-state index in [2.05, 4.69) is 20.9 Å². The van der Waals surface area contributed by atoms with E-state index in [9.17, 15) is 4.39 Å². The summed E-state index contributed by atoms with van der Waals surface area (Å²) >= 11 is 3.35. The molecule has 0 amide bonds. The molecule has 0 saturated carbocycles. The van der Waals surface area contributed by atoms with Crippen LogP contribution in [0.2, 0.25) is 0 Å². The second kappa shape index (κ2) is 5.31. The molecule has 1 heterocycles. The minimum Gasteiger partial charge on any atom is -0.320 e. The molecule has 2 N–H and O–H groups in total. The van der Waals surface area contributed by atoms with Crippen molar-refractivity contribution in [1.82, 2.24) is 4.98 Å². The van der Waals surface area contributed by atoms with Crippen molar-refractivity contribution in [2.24, 2.45) is 5.73 Å². The van der Waals surface area contributed by atoms with Crippen LogP contribution in [0.4, 0.5) is 4.39 Å². The summed E-state index contributed by atoms with van der Waals surface area (Å²) in [5.41, 5.74) is 8.46. The molecule has 0 aliphatic heterocycles. The molecule has 0 saturated heterocycles. The molecule has 2 aromatic carbocycles. The van der Waals surface area contributed by atoms with E-state index in [1.54, 1.807) is 18.3 Å². The lowest BCUT2D eigenvalue weighted by atomic mass is 9.96. The fourth-order valence-corrected chi connectivity index (χ4v) is 2.69. The summed E-state index contributed by atoms with van der Waals surface area (Å²) in [5.74, 6) is -0.304. The van der Waals surface area contributed by atoms with Crippen LogP contribution in [-0.2, 0) is 0 Å². The van der Waals surface area contributed by atoms with Crippen molar-refractivity contribution < 1.29 is 4.39 Å². The van der Waals surface area contributed by atoms with Gasteiger partial charge in [-0.1, -0.05) is 34.1 Å². The van der Waals surface area contributed by atoms with E-state index >= 15 is 0 Å². The van der Waals surface area contributed by atoms with E-state index in [1.807, 2.05) is 30.3 Å². The first kappa shape index (κ1) is 13.2. The van der Waals surface area contributed by atoms with Gasteiger partial charge < -0.3 is 5.73 Å². The highest BCUT2D eigenvalue weighted by atomic mass is 79.9. The second-order valence-corrected chi connectivity index (χ2v) is 5.48. The third-order valence-corrected chi connectivity index (χ3v) is 3.80. The largest absolute Gasteiger partial charge is 0.320 e. The quantitative estimate of drug-likeness (QED) is 0.765. The first-order valence-corrected chi connectivity index (χ1v) is 7.00. The van der Waals surface area contributed by atoms with Gasteiger partial charge in [0.15, 0.2) is 0 Å². The molecule has 4 heteroatoms. The van der Waals surface area contributed by atoms with Gasteiger partial charge in [0.1, 0.15) is 5.82 Å². The molecule has 2 nitrogen and oxygen atoms in total. The lowest BCUT2D eigenvalue weighted by Crippen LogP contribution is -2.14. The van der Waals surface area contributed by atoms with Crippen LogP contribution in [-0.4, -0.2) is 4.98 Å². The number of benzene rings is 2. The van der Waals surface area contributed by atoms with Crippen LogP contribution < -0.4 is 5.73 Å². The predicted octanol–water partition coefficient (Wildman–Crippen LogP) is 4.18. The molecule has 100 valence electrons. The van der Waals surface area contributed by atoms with Crippen molar-refractivity contribution in [3.8, 4) is 0 Å². The van der Waals surface area contributed by atoms with E-state index in [1.165, 1.54) is 6.07 Å². The van der Waals surface area contributed by atoms with Gasteiger partial charge in [-0.3, -0.25) is 4.98 Å². The third-order valence-electron chi connectivity index (χ3n) is 3.31. The Kier molecular flexibility index (Phi) is 3.51. The van der Waals surface area contributed by atoms with Crippen LogP contribution in [0.3, 0.4) is 0 Å². The Hall–Kier alpha value is -1.78. The molecule has 1 aromatic heterocycles. The fourth-order valence-electron chi connectivity index (χ4n) is 2.31. The van der Waals surface area contributed by atoms with Crippen molar-refractivity contribution in [3.05, 3.63) is 76.1 Å². The molecule has 0 fully saturated rings. The lowest BCUT2D eigenvalue weighted by molar-refractivity contribution is 0.600. The predicted molar refractivity (Wildman–Crippen MR) is 81.9 cm³/mol.